The van der Waals surface area contributed by atoms with E-state index in [1.54, 1.807) is 6.08 Å². The molecular weight excluding hydrogens is 287 g/mol. The lowest BCUT2D eigenvalue weighted by Gasteiger charge is -2.44. The van der Waals surface area contributed by atoms with Crippen LogP contribution in [0.15, 0.2) is 35.0 Å². The molecule has 0 radical (unpaired) electrons. The molecule has 2 unspecified atom stereocenters. The summed E-state index contributed by atoms with van der Waals surface area (Å²) in [5.74, 6) is 0.610. The van der Waals surface area contributed by atoms with Crippen molar-refractivity contribution in [3.8, 4) is 0 Å². The summed E-state index contributed by atoms with van der Waals surface area (Å²) in [5, 5.41) is 3.25. The van der Waals surface area contributed by atoms with Crippen molar-refractivity contribution in [3.63, 3.8) is 0 Å². The zero-order chi connectivity index (χ0) is 14.4. The molecule has 3 atom stereocenters. The summed E-state index contributed by atoms with van der Waals surface area (Å²) in [4.78, 5) is 15.6. The molecule has 0 saturated carbocycles. The first-order valence-corrected chi connectivity index (χ1v) is 8.54. The van der Waals surface area contributed by atoms with Crippen molar-refractivity contribution in [2.45, 2.75) is 24.1 Å². The van der Waals surface area contributed by atoms with Gasteiger partial charge in [0.2, 0.25) is 0 Å². The number of thioether (sulfide) groups is 1. The molecule has 112 valence electrons. The third-order valence-electron chi connectivity index (χ3n) is 4.98. The molecule has 0 aromatic heterocycles. The van der Waals surface area contributed by atoms with Crippen molar-refractivity contribution in [1.29, 1.82) is 0 Å². The number of rotatable bonds is 2. The predicted molar refractivity (Wildman–Crippen MR) is 82.4 cm³/mol. The molecule has 4 heterocycles. The van der Waals surface area contributed by atoms with Gasteiger partial charge in [0, 0.05) is 23.8 Å². The molecule has 2 bridgehead atoms. The standard InChI is InChI=1S/C16H19FN2OS/c17-12-2-1-11-7-15(21-14(11)8-12)16(20)18-13-9-19-5-3-10(13)4-6-19/h1-2,7-8,10-11,13-14H,3-6,9H2,(H,18,20)/t11?,13-,14?/m0/s1. The highest BCUT2D eigenvalue weighted by atomic mass is 32.2. The van der Waals surface area contributed by atoms with E-state index in [0.717, 1.165) is 11.4 Å². The minimum absolute atomic E-state index is 0.0235. The van der Waals surface area contributed by atoms with Crippen LogP contribution in [0.25, 0.3) is 0 Å². The van der Waals surface area contributed by atoms with E-state index in [1.807, 2.05) is 12.2 Å². The summed E-state index contributed by atoms with van der Waals surface area (Å²) in [6, 6.07) is 0.284. The largest absolute Gasteiger partial charge is 0.347 e. The normalized spacial score (nSPS) is 40.5. The van der Waals surface area contributed by atoms with Crippen LogP contribution in [0.1, 0.15) is 12.8 Å². The molecule has 21 heavy (non-hydrogen) atoms. The van der Waals surface area contributed by atoms with E-state index in [0.29, 0.717) is 5.92 Å². The Morgan fingerprint density at radius 1 is 1.33 bits per heavy atom. The number of piperidine rings is 3. The smallest absolute Gasteiger partial charge is 0.257 e. The van der Waals surface area contributed by atoms with Gasteiger partial charge in [0.15, 0.2) is 0 Å². The van der Waals surface area contributed by atoms with Gasteiger partial charge in [-0.25, -0.2) is 4.39 Å². The first-order chi connectivity index (χ1) is 10.2. The molecule has 1 aliphatic carbocycles. The molecule has 1 amide bonds. The van der Waals surface area contributed by atoms with Crippen molar-refractivity contribution in [2.75, 3.05) is 19.6 Å². The quantitative estimate of drug-likeness (QED) is 0.849. The molecule has 3 saturated heterocycles. The number of fused-ring (bicyclic) bond motifs is 4. The SMILES string of the molecule is O=C(N[C@H]1CN2CCC1CC2)C1=CC2C=CC(F)=CC2S1. The number of hydrogen-bond donors (Lipinski definition) is 1. The van der Waals surface area contributed by atoms with Crippen LogP contribution >= 0.6 is 11.8 Å². The molecule has 5 aliphatic rings. The molecule has 0 aromatic rings. The zero-order valence-electron chi connectivity index (χ0n) is 11.8. The predicted octanol–water partition coefficient (Wildman–Crippen LogP) is 2.24. The van der Waals surface area contributed by atoms with E-state index < -0.39 is 0 Å². The summed E-state index contributed by atoms with van der Waals surface area (Å²) in [5.41, 5.74) is 0. The lowest BCUT2D eigenvalue weighted by molar-refractivity contribution is -0.118. The maximum absolute atomic E-state index is 13.3. The van der Waals surface area contributed by atoms with Crippen LogP contribution in [0.5, 0.6) is 0 Å². The molecular formula is C16H19FN2OS. The van der Waals surface area contributed by atoms with Crippen LogP contribution in [-0.2, 0) is 4.79 Å². The van der Waals surface area contributed by atoms with Crippen molar-refractivity contribution < 1.29 is 9.18 Å². The summed E-state index contributed by atoms with van der Waals surface area (Å²) >= 11 is 1.48. The molecule has 0 aromatic carbocycles. The van der Waals surface area contributed by atoms with E-state index in [9.17, 15) is 9.18 Å². The summed E-state index contributed by atoms with van der Waals surface area (Å²) in [6.07, 6.45) is 9.32. The minimum atomic E-state index is -0.198. The fraction of sp³-hybridized carbons (Fsp3) is 0.562. The highest BCUT2D eigenvalue weighted by Gasteiger charge is 2.37. The fourth-order valence-corrected chi connectivity index (χ4v) is 4.98. The van der Waals surface area contributed by atoms with Gasteiger partial charge in [-0.2, -0.15) is 0 Å². The van der Waals surface area contributed by atoms with E-state index in [1.165, 1.54) is 43.8 Å². The van der Waals surface area contributed by atoms with Crippen LogP contribution in [0.2, 0.25) is 0 Å². The highest BCUT2D eigenvalue weighted by molar-refractivity contribution is 8.05. The number of allylic oxidation sites excluding steroid dienone is 4. The number of nitrogens with zero attached hydrogens (tertiary/aromatic N) is 1. The second-order valence-corrected chi connectivity index (χ2v) is 7.54. The van der Waals surface area contributed by atoms with Crippen LogP contribution in [-0.4, -0.2) is 41.7 Å². The molecule has 5 heteroatoms. The topological polar surface area (TPSA) is 32.3 Å². The van der Waals surface area contributed by atoms with Crippen molar-refractivity contribution >= 4 is 17.7 Å². The number of hydrogen-bond acceptors (Lipinski definition) is 3. The van der Waals surface area contributed by atoms with Gasteiger partial charge in [0.05, 0.1) is 4.91 Å². The average molecular weight is 306 g/mol. The average Bonchev–Trinajstić information content (AvgIpc) is 2.91. The van der Waals surface area contributed by atoms with E-state index in [2.05, 4.69) is 10.2 Å². The number of carbonyl (C=O) groups excluding carboxylic acids is 1. The van der Waals surface area contributed by atoms with Gasteiger partial charge in [0.1, 0.15) is 5.83 Å². The Morgan fingerprint density at radius 2 is 2.14 bits per heavy atom. The van der Waals surface area contributed by atoms with Crippen molar-refractivity contribution in [1.82, 2.24) is 10.2 Å². The van der Waals surface area contributed by atoms with E-state index in [-0.39, 0.29) is 28.9 Å². The van der Waals surface area contributed by atoms with Crippen LogP contribution < -0.4 is 5.32 Å². The third-order valence-corrected chi connectivity index (χ3v) is 6.28. The lowest BCUT2D eigenvalue weighted by atomic mass is 9.84. The van der Waals surface area contributed by atoms with Crippen molar-refractivity contribution in [2.24, 2.45) is 11.8 Å². The molecule has 1 N–H and O–H groups in total. The number of carbonyl (C=O) groups is 1. The summed E-state index contributed by atoms with van der Waals surface area (Å²) in [6.45, 7) is 3.33. The number of amides is 1. The van der Waals surface area contributed by atoms with Crippen molar-refractivity contribution in [3.05, 3.63) is 35.0 Å². The first kappa shape index (κ1) is 13.6. The minimum Gasteiger partial charge on any atom is -0.347 e. The Hall–Kier alpha value is -1.07. The number of nitrogens with one attached hydrogen (secondary N) is 1. The fourth-order valence-electron chi connectivity index (χ4n) is 3.76. The zero-order valence-corrected chi connectivity index (χ0v) is 12.6. The Balaban J connectivity index is 1.41. The van der Waals surface area contributed by atoms with E-state index >= 15 is 0 Å². The van der Waals surface area contributed by atoms with Gasteiger partial charge >= 0.3 is 0 Å². The Morgan fingerprint density at radius 3 is 2.86 bits per heavy atom. The highest BCUT2D eigenvalue weighted by Crippen LogP contribution is 2.41. The van der Waals surface area contributed by atoms with Crippen LogP contribution in [0.4, 0.5) is 4.39 Å². The van der Waals surface area contributed by atoms with Crippen LogP contribution in [0.3, 0.4) is 0 Å². The number of halogens is 1. The van der Waals surface area contributed by atoms with Gasteiger partial charge in [-0.1, -0.05) is 12.2 Å². The first-order valence-electron chi connectivity index (χ1n) is 7.66. The lowest BCUT2D eigenvalue weighted by Crippen LogP contribution is -2.57. The van der Waals surface area contributed by atoms with Gasteiger partial charge in [-0.15, -0.1) is 11.8 Å². The monoisotopic (exact) mass is 306 g/mol. The Kier molecular flexibility index (Phi) is 3.42. The third kappa shape index (κ3) is 2.57. The van der Waals surface area contributed by atoms with Gasteiger partial charge in [-0.3, -0.25) is 4.79 Å². The molecule has 0 spiro atoms. The maximum Gasteiger partial charge on any atom is 0.257 e. The second kappa shape index (κ2) is 5.29. The van der Waals surface area contributed by atoms with Gasteiger partial charge in [0.25, 0.3) is 5.91 Å². The summed E-state index contributed by atoms with van der Waals surface area (Å²) in [7, 11) is 0. The molecule has 3 fully saturated rings. The maximum atomic E-state index is 13.3. The van der Waals surface area contributed by atoms with Gasteiger partial charge in [-0.05, 0) is 44.0 Å². The molecule has 3 nitrogen and oxygen atoms in total. The molecule has 5 rings (SSSR count). The van der Waals surface area contributed by atoms with Gasteiger partial charge < -0.3 is 10.2 Å². The summed E-state index contributed by atoms with van der Waals surface area (Å²) < 4.78 is 13.3. The Labute approximate surface area is 128 Å². The Bertz CT molecular complexity index is 548. The second-order valence-electron chi connectivity index (χ2n) is 6.32. The van der Waals surface area contributed by atoms with E-state index in [4.69, 9.17) is 0 Å². The molecule has 4 aliphatic heterocycles. The van der Waals surface area contributed by atoms with Crippen LogP contribution in [0, 0.1) is 11.8 Å².